The van der Waals surface area contributed by atoms with Crippen LogP contribution in [0.1, 0.15) is 48.2 Å². The Hall–Kier alpha value is -2.48. The first kappa shape index (κ1) is 23.0. The molecule has 2 aliphatic carbocycles. The van der Waals surface area contributed by atoms with E-state index in [2.05, 4.69) is 35.3 Å². The lowest BCUT2D eigenvalue weighted by atomic mass is 9.95. The second-order valence-corrected chi connectivity index (χ2v) is 11.1. The molecule has 1 saturated carbocycles. The summed E-state index contributed by atoms with van der Waals surface area (Å²) in [5.41, 5.74) is 6.21. The minimum Gasteiger partial charge on any atom is -0.446 e. The van der Waals surface area contributed by atoms with Gasteiger partial charge in [0.1, 0.15) is 6.10 Å². The van der Waals surface area contributed by atoms with Crippen LogP contribution in [0.15, 0.2) is 42.1 Å². The number of pyridine rings is 1. The maximum Gasteiger partial charge on any atom is 0.410 e. The number of amides is 1. The highest BCUT2D eigenvalue weighted by molar-refractivity contribution is 7.15. The van der Waals surface area contributed by atoms with E-state index < -0.39 is 0 Å². The first-order valence-corrected chi connectivity index (χ1v) is 13.8. The summed E-state index contributed by atoms with van der Waals surface area (Å²) in [5, 5.41) is 0. The Balaban J connectivity index is 1.13. The van der Waals surface area contributed by atoms with Gasteiger partial charge in [-0.1, -0.05) is 12.2 Å². The average Bonchev–Trinajstić information content (AvgIpc) is 3.66. The second-order valence-electron chi connectivity index (χ2n) is 9.91. The predicted octanol–water partition coefficient (Wildman–Crippen LogP) is 5.29. The van der Waals surface area contributed by atoms with Gasteiger partial charge in [0.2, 0.25) is 0 Å². The zero-order valence-electron chi connectivity index (χ0n) is 20.2. The van der Waals surface area contributed by atoms with Crippen LogP contribution >= 0.6 is 11.3 Å². The van der Waals surface area contributed by atoms with Crippen LogP contribution in [0.5, 0.6) is 0 Å². The number of rotatable bonds is 5. The van der Waals surface area contributed by atoms with Crippen LogP contribution in [-0.2, 0) is 22.4 Å². The Morgan fingerprint density at radius 2 is 2.00 bits per heavy atom. The molecule has 2 aromatic heterocycles. The van der Waals surface area contributed by atoms with Gasteiger partial charge in [-0.15, -0.1) is 11.3 Å². The van der Waals surface area contributed by atoms with Gasteiger partial charge in [0.15, 0.2) is 0 Å². The molecule has 184 valence electrons. The van der Waals surface area contributed by atoms with Crippen molar-refractivity contribution in [3.63, 3.8) is 0 Å². The fraction of sp³-hybridized carbons (Fsp3) is 0.500. The van der Waals surface area contributed by atoms with Gasteiger partial charge in [-0.2, -0.15) is 0 Å². The van der Waals surface area contributed by atoms with E-state index in [1.54, 1.807) is 0 Å². The van der Waals surface area contributed by atoms with Gasteiger partial charge in [0.25, 0.3) is 0 Å². The fourth-order valence-electron chi connectivity index (χ4n) is 5.54. The standard InChI is InChI=1S/C28H33N3O3S/c32-28(34-22-3-1-2-4-22)31-11-9-20(10-12-31)24-6-7-26-25(24)17-21(18-29-26)27-8-5-23(35-27)19-30-13-15-33-16-14-30/h5-6,8-9,17-18,22H,1-4,7,10-16,19H2. The van der Waals surface area contributed by atoms with Gasteiger partial charge >= 0.3 is 6.09 Å². The van der Waals surface area contributed by atoms with Crippen LogP contribution in [0.4, 0.5) is 4.79 Å². The summed E-state index contributed by atoms with van der Waals surface area (Å²) in [7, 11) is 0. The number of thiophene rings is 1. The highest BCUT2D eigenvalue weighted by atomic mass is 32.1. The highest BCUT2D eigenvalue weighted by Crippen LogP contribution is 2.38. The second kappa shape index (κ2) is 10.2. The molecule has 2 aliphatic heterocycles. The van der Waals surface area contributed by atoms with E-state index in [1.165, 1.54) is 44.9 Å². The van der Waals surface area contributed by atoms with Crippen LogP contribution in [-0.4, -0.2) is 66.4 Å². The van der Waals surface area contributed by atoms with Crippen LogP contribution in [0.25, 0.3) is 16.0 Å². The Labute approximate surface area is 211 Å². The van der Waals surface area contributed by atoms with E-state index in [0.29, 0.717) is 13.1 Å². The molecular formula is C28H33N3O3S. The first-order valence-electron chi connectivity index (χ1n) is 13.0. The van der Waals surface area contributed by atoms with Crippen molar-refractivity contribution in [2.24, 2.45) is 0 Å². The SMILES string of the molecule is O=C(OC1CCCC1)N1CC=C(C2=CCc3ncc(-c4ccc(CN5CCOCC5)s4)cc32)CC1. The number of hydrogen-bond donors (Lipinski definition) is 0. The molecule has 0 aromatic carbocycles. The number of morpholine rings is 1. The molecule has 0 radical (unpaired) electrons. The summed E-state index contributed by atoms with van der Waals surface area (Å²) in [4.78, 5) is 24.3. The zero-order valence-corrected chi connectivity index (χ0v) is 21.0. The van der Waals surface area contributed by atoms with Crippen LogP contribution in [0, 0.1) is 0 Å². The molecule has 7 heteroatoms. The van der Waals surface area contributed by atoms with E-state index in [1.807, 2.05) is 22.4 Å². The molecule has 2 aromatic rings. The van der Waals surface area contributed by atoms with Crippen LogP contribution in [0.3, 0.4) is 0 Å². The molecule has 0 bridgehead atoms. The molecule has 1 saturated heterocycles. The van der Waals surface area contributed by atoms with Crippen molar-refractivity contribution in [1.82, 2.24) is 14.8 Å². The van der Waals surface area contributed by atoms with Gasteiger partial charge in [-0.05, 0) is 61.4 Å². The maximum atomic E-state index is 12.6. The number of aromatic nitrogens is 1. The molecule has 0 unspecified atom stereocenters. The monoisotopic (exact) mass is 491 g/mol. The van der Waals surface area contributed by atoms with Crippen LogP contribution < -0.4 is 0 Å². The third-order valence-corrected chi connectivity index (χ3v) is 8.69. The van der Waals surface area contributed by atoms with Gasteiger partial charge in [0.05, 0.1) is 18.9 Å². The van der Waals surface area contributed by atoms with Crippen molar-refractivity contribution in [3.05, 3.63) is 58.3 Å². The van der Waals surface area contributed by atoms with Crippen molar-refractivity contribution in [2.45, 2.75) is 51.2 Å². The molecule has 4 heterocycles. The smallest absolute Gasteiger partial charge is 0.410 e. The van der Waals surface area contributed by atoms with Gasteiger partial charge < -0.3 is 14.4 Å². The summed E-state index contributed by atoms with van der Waals surface area (Å²) in [6, 6.07) is 6.80. The molecule has 2 fully saturated rings. The lowest BCUT2D eigenvalue weighted by Gasteiger charge is -2.27. The summed E-state index contributed by atoms with van der Waals surface area (Å²) in [6.07, 6.45) is 12.6. The van der Waals surface area contributed by atoms with E-state index in [4.69, 9.17) is 14.5 Å². The number of hydrogen-bond acceptors (Lipinski definition) is 6. The summed E-state index contributed by atoms with van der Waals surface area (Å²) in [5.74, 6) is 0. The quantitative estimate of drug-likeness (QED) is 0.569. The molecule has 6 nitrogen and oxygen atoms in total. The fourth-order valence-corrected chi connectivity index (χ4v) is 6.57. The number of carbonyl (C=O) groups excluding carboxylic acids is 1. The maximum absolute atomic E-state index is 12.6. The molecule has 0 spiro atoms. The topological polar surface area (TPSA) is 54.9 Å². The molecule has 0 N–H and O–H groups in total. The van der Waals surface area contributed by atoms with Crippen molar-refractivity contribution in [3.8, 4) is 10.4 Å². The van der Waals surface area contributed by atoms with Crippen LogP contribution in [0.2, 0.25) is 0 Å². The number of ether oxygens (including phenoxy) is 2. The van der Waals surface area contributed by atoms with E-state index in [9.17, 15) is 4.79 Å². The average molecular weight is 492 g/mol. The number of carbonyl (C=O) groups is 1. The Morgan fingerprint density at radius 1 is 1.14 bits per heavy atom. The predicted molar refractivity (Wildman–Crippen MR) is 138 cm³/mol. The number of allylic oxidation sites excluding steroid dienone is 2. The van der Waals surface area contributed by atoms with Crippen molar-refractivity contribution in [2.75, 3.05) is 39.4 Å². The molecule has 4 aliphatic rings. The van der Waals surface area contributed by atoms with Crippen molar-refractivity contribution >= 4 is 23.0 Å². The third-order valence-electron chi connectivity index (χ3n) is 7.57. The Kier molecular flexibility index (Phi) is 6.72. The molecule has 35 heavy (non-hydrogen) atoms. The summed E-state index contributed by atoms with van der Waals surface area (Å²) >= 11 is 1.86. The molecule has 6 rings (SSSR count). The van der Waals surface area contributed by atoms with Crippen molar-refractivity contribution < 1.29 is 14.3 Å². The summed E-state index contributed by atoms with van der Waals surface area (Å²) in [6.45, 7) is 6.00. The number of nitrogens with zero attached hydrogens (tertiary/aromatic N) is 3. The highest BCUT2D eigenvalue weighted by Gasteiger charge is 2.27. The van der Waals surface area contributed by atoms with E-state index in [0.717, 1.165) is 64.2 Å². The zero-order chi connectivity index (χ0) is 23.6. The lowest BCUT2D eigenvalue weighted by Crippen LogP contribution is -2.37. The van der Waals surface area contributed by atoms with Gasteiger partial charge in [-0.25, -0.2) is 4.79 Å². The van der Waals surface area contributed by atoms with E-state index in [-0.39, 0.29) is 12.2 Å². The van der Waals surface area contributed by atoms with Crippen molar-refractivity contribution in [1.29, 1.82) is 0 Å². The minimum atomic E-state index is -0.150. The van der Waals surface area contributed by atoms with Gasteiger partial charge in [0, 0.05) is 66.2 Å². The largest absolute Gasteiger partial charge is 0.446 e. The molecular weight excluding hydrogens is 458 g/mol. The van der Waals surface area contributed by atoms with Gasteiger partial charge in [-0.3, -0.25) is 9.88 Å². The third kappa shape index (κ3) is 5.08. The Bertz CT molecular complexity index is 1140. The Morgan fingerprint density at radius 3 is 2.80 bits per heavy atom. The summed E-state index contributed by atoms with van der Waals surface area (Å²) < 4.78 is 11.2. The normalized spacial score (nSPS) is 21.1. The first-order chi connectivity index (χ1) is 17.2. The minimum absolute atomic E-state index is 0.119. The lowest BCUT2D eigenvalue weighted by molar-refractivity contribution is 0.0346. The molecule has 0 atom stereocenters. The number of fused-ring (bicyclic) bond motifs is 1. The van der Waals surface area contributed by atoms with E-state index >= 15 is 0 Å². The molecule has 1 amide bonds.